The van der Waals surface area contributed by atoms with E-state index in [1.165, 1.54) is 88.1 Å². The van der Waals surface area contributed by atoms with Gasteiger partial charge < -0.3 is 9.47 Å². The zero-order valence-corrected chi connectivity index (χ0v) is 42.5. The molecule has 0 unspecified atom stereocenters. The van der Waals surface area contributed by atoms with Crippen LogP contribution in [0.5, 0.6) is 23.0 Å². The maximum absolute atomic E-state index is 7.14. The molecule has 0 bridgehead atoms. The first kappa shape index (κ1) is 44.7. The number of hydrogen-bond donors (Lipinski definition) is 0. The zero-order valence-electron chi connectivity index (χ0n) is 42.5. The van der Waals surface area contributed by atoms with Gasteiger partial charge in [-0.2, -0.15) is 0 Å². The van der Waals surface area contributed by atoms with Crippen LogP contribution in [0.2, 0.25) is 0 Å². The van der Waals surface area contributed by atoms with Gasteiger partial charge in [-0.3, -0.25) is 0 Å². The molecule has 342 valence electrons. The maximum atomic E-state index is 7.14. The van der Waals surface area contributed by atoms with E-state index < -0.39 is 0 Å². The van der Waals surface area contributed by atoms with Crippen molar-refractivity contribution in [2.45, 2.75) is 105 Å². The number of hydrogen-bond acceptors (Lipinski definition) is 2. The van der Waals surface area contributed by atoms with Crippen molar-refractivity contribution in [3.63, 3.8) is 0 Å². The van der Waals surface area contributed by atoms with Crippen LogP contribution < -0.4 is 25.9 Å². The van der Waals surface area contributed by atoms with E-state index in [1.54, 1.807) is 0 Å². The standard InChI is InChI=1S/C66H63BO2/c1-63(2,3)46-26-28-54-56(38-46)68-58-35-44(36-59-62(58)67(54)55-29-27-47(64(4,5)6)39-57(55)69-59)42-30-41(43-33-48(65(7,8)9)37-49(34-43)66(10,11)12)31-45(32-42)61-52-24-18-16-22-50(52)60(40-20-14-13-15-21-40)51-23-17-19-25-53(51)61/h13-39H,1-12H3. The molecule has 0 atom stereocenters. The smallest absolute Gasteiger partial charge is 0.260 e. The Labute approximate surface area is 410 Å². The largest absolute Gasteiger partial charge is 0.458 e. The second-order valence-corrected chi connectivity index (χ2v) is 23.8. The minimum Gasteiger partial charge on any atom is -0.458 e. The molecule has 0 aliphatic carbocycles. The van der Waals surface area contributed by atoms with E-state index in [-0.39, 0.29) is 28.4 Å². The molecule has 0 saturated heterocycles. The molecule has 0 saturated carbocycles. The van der Waals surface area contributed by atoms with Crippen molar-refractivity contribution >= 4 is 44.6 Å². The summed E-state index contributed by atoms with van der Waals surface area (Å²) in [6.07, 6.45) is 0. The van der Waals surface area contributed by atoms with Crippen LogP contribution in [0.4, 0.5) is 0 Å². The van der Waals surface area contributed by atoms with Crippen LogP contribution in [0.1, 0.15) is 105 Å². The van der Waals surface area contributed by atoms with Crippen LogP contribution in [0.3, 0.4) is 0 Å². The Kier molecular flexibility index (Phi) is 10.3. The van der Waals surface area contributed by atoms with Gasteiger partial charge in [0.15, 0.2) is 0 Å². The van der Waals surface area contributed by atoms with Gasteiger partial charge in [-0.05, 0) is 163 Å². The fourth-order valence-electron chi connectivity index (χ4n) is 10.7. The Bertz CT molecular complexity index is 3350. The van der Waals surface area contributed by atoms with Crippen LogP contribution in [-0.2, 0) is 21.7 Å². The van der Waals surface area contributed by atoms with Crippen molar-refractivity contribution in [3.8, 4) is 67.5 Å². The van der Waals surface area contributed by atoms with E-state index in [2.05, 4.69) is 247 Å². The fourth-order valence-corrected chi connectivity index (χ4v) is 10.7. The summed E-state index contributed by atoms with van der Waals surface area (Å²) in [6, 6.07) is 61.6. The van der Waals surface area contributed by atoms with Gasteiger partial charge in [0.2, 0.25) is 0 Å². The summed E-state index contributed by atoms with van der Waals surface area (Å²) in [7, 11) is 0. The molecule has 11 rings (SSSR count). The molecule has 3 heteroatoms. The van der Waals surface area contributed by atoms with Crippen molar-refractivity contribution in [2.75, 3.05) is 0 Å². The maximum Gasteiger partial charge on any atom is 0.260 e. The van der Waals surface area contributed by atoms with Crippen molar-refractivity contribution in [2.24, 2.45) is 0 Å². The third-order valence-corrected chi connectivity index (χ3v) is 14.8. The van der Waals surface area contributed by atoms with E-state index in [0.717, 1.165) is 39.6 Å². The van der Waals surface area contributed by atoms with Crippen molar-refractivity contribution in [1.29, 1.82) is 0 Å². The Morgan fingerprint density at radius 3 is 1.07 bits per heavy atom. The van der Waals surface area contributed by atoms with E-state index >= 15 is 0 Å². The van der Waals surface area contributed by atoms with Gasteiger partial charge in [0.1, 0.15) is 23.0 Å². The topological polar surface area (TPSA) is 18.5 Å². The zero-order chi connectivity index (χ0) is 48.4. The summed E-state index contributed by atoms with van der Waals surface area (Å²) in [5, 5.41) is 4.93. The van der Waals surface area contributed by atoms with Crippen LogP contribution in [0, 0.1) is 0 Å². The fraction of sp³-hybridized carbons (Fsp3) is 0.242. The molecule has 2 aliphatic heterocycles. The van der Waals surface area contributed by atoms with Crippen LogP contribution in [0.25, 0.3) is 66.1 Å². The Hall–Kier alpha value is -6.84. The molecule has 0 fully saturated rings. The lowest BCUT2D eigenvalue weighted by atomic mass is 9.34. The highest BCUT2D eigenvalue weighted by Gasteiger charge is 2.41. The first-order valence-electron chi connectivity index (χ1n) is 24.8. The lowest BCUT2D eigenvalue weighted by Crippen LogP contribution is -2.57. The predicted octanol–water partition coefficient (Wildman–Crippen LogP) is 16.6. The summed E-state index contributed by atoms with van der Waals surface area (Å²) in [5.74, 6) is 3.51. The minimum atomic E-state index is -0.0468. The highest BCUT2D eigenvalue weighted by Crippen LogP contribution is 2.47. The highest BCUT2D eigenvalue weighted by atomic mass is 16.5. The SMILES string of the molecule is CC(C)(C)c1cc(-c2cc(-c3cc4c5c(c3)Oc3cc(C(C)(C)C)ccc3B5c3ccc(C(C)(C)C)cc3O4)cc(-c3c4ccccc4c(-c4ccccc4)c4ccccc34)c2)cc(C(C)(C)C)c1. The lowest BCUT2D eigenvalue weighted by molar-refractivity contribution is 0.461. The molecular weight excluding hydrogens is 836 g/mol. The first-order chi connectivity index (χ1) is 32.7. The van der Waals surface area contributed by atoms with E-state index in [9.17, 15) is 0 Å². The molecule has 0 aromatic heterocycles. The summed E-state index contributed by atoms with van der Waals surface area (Å²) in [4.78, 5) is 0. The Morgan fingerprint density at radius 2 is 0.652 bits per heavy atom. The molecule has 9 aromatic carbocycles. The Balaban J connectivity index is 1.20. The van der Waals surface area contributed by atoms with Gasteiger partial charge in [0.05, 0.1) is 0 Å². The second kappa shape index (κ2) is 15.9. The molecule has 0 amide bonds. The van der Waals surface area contributed by atoms with E-state index in [0.29, 0.717) is 0 Å². The Morgan fingerprint density at radius 1 is 0.290 bits per heavy atom. The third-order valence-electron chi connectivity index (χ3n) is 14.8. The van der Waals surface area contributed by atoms with Gasteiger partial charge in [0.25, 0.3) is 6.71 Å². The number of ether oxygens (including phenoxy) is 2. The van der Waals surface area contributed by atoms with Crippen molar-refractivity contribution in [1.82, 2.24) is 0 Å². The van der Waals surface area contributed by atoms with E-state index in [1.807, 2.05) is 0 Å². The van der Waals surface area contributed by atoms with Gasteiger partial charge in [-0.25, -0.2) is 0 Å². The van der Waals surface area contributed by atoms with Crippen molar-refractivity contribution in [3.05, 3.63) is 186 Å². The van der Waals surface area contributed by atoms with Gasteiger partial charge in [-0.1, -0.05) is 204 Å². The monoisotopic (exact) mass is 898 g/mol. The van der Waals surface area contributed by atoms with Gasteiger partial charge in [0, 0.05) is 5.46 Å². The summed E-state index contributed by atoms with van der Waals surface area (Å²) in [6.45, 7) is 27.5. The number of rotatable bonds is 4. The highest BCUT2D eigenvalue weighted by molar-refractivity contribution is 6.98. The summed E-state index contributed by atoms with van der Waals surface area (Å²) in [5.41, 5.74) is 17.8. The normalized spacial score (nSPS) is 13.4. The van der Waals surface area contributed by atoms with Gasteiger partial charge >= 0.3 is 0 Å². The molecule has 2 aliphatic rings. The molecule has 2 heterocycles. The van der Waals surface area contributed by atoms with Crippen LogP contribution in [0.15, 0.2) is 164 Å². The molecule has 9 aromatic rings. The minimum absolute atomic E-state index is 0.0294. The lowest BCUT2D eigenvalue weighted by Gasteiger charge is -2.35. The van der Waals surface area contributed by atoms with Crippen LogP contribution >= 0.6 is 0 Å². The summed E-state index contributed by atoms with van der Waals surface area (Å²) < 4.78 is 14.3. The average Bonchev–Trinajstić information content (AvgIpc) is 3.31. The molecule has 0 radical (unpaired) electrons. The van der Waals surface area contributed by atoms with Gasteiger partial charge in [-0.15, -0.1) is 0 Å². The number of benzene rings is 9. The second-order valence-electron chi connectivity index (χ2n) is 23.8. The quantitative estimate of drug-likeness (QED) is 0.129. The molecule has 0 spiro atoms. The molecule has 69 heavy (non-hydrogen) atoms. The summed E-state index contributed by atoms with van der Waals surface area (Å²) >= 11 is 0. The van der Waals surface area contributed by atoms with E-state index in [4.69, 9.17) is 9.47 Å². The average molecular weight is 899 g/mol. The van der Waals surface area contributed by atoms with Crippen molar-refractivity contribution < 1.29 is 9.47 Å². The van der Waals surface area contributed by atoms with Crippen LogP contribution in [-0.4, -0.2) is 6.71 Å². The molecular formula is C66H63BO2. The predicted molar refractivity (Wildman–Crippen MR) is 296 cm³/mol. The third kappa shape index (κ3) is 7.85. The first-order valence-corrected chi connectivity index (χ1v) is 24.8. The molecule has 0 N–H and O–H groups in total. The number of fused-ring (bicyclic) bond motifs is 6. The molecule has 2 nitrogen and oxygen atoms in total.